The maximum absolute atomic E-state index is 12.8. The van der Waals surface area contributed by atoms with Gasteiger partial charge in [0.2, 0.25) is 5.91 Å². The van der Waals surface area contributed by atoms with E-state index < -0.39 is 23.6 Å². The van der Waals surface area contributed by atoms with E-state index in [4.69, 9.17) is 9.84 Å². The van der Waals surface area contributed by atoms with Crippen molar-refractivity contribution in [2.24, 2.45) is 5.10 Å². The highest BCUT2D eigenvalue weighted by molar-refractivity contribution is 14.1. The molecule has 0 heterocycles. The van der Waals surface area contributed by atoms with E-state index in [0.29, 0.717) is 11.3 Å². The predicted molar refractivity (Wildman–Crippen MR) is 140 cm³/mol. The summed E-state index contributed by atoms with van der Waals surface area (Å²) in [7, 11) is 0. The van der Waals surface area contributed by atoms with Crippen molar-refractivity contribution in [3.63, 3.8) is 0 Å². The predicted octanol–water partition coefficient (Wildman–Crippen LogP) is 5.88. The van der Waals surface area contributed by atoms with Crippen LogP contribution in [0.5, 0.6) is 5.75 Å². The van der Waals surface area contributed by atoms with Crippen LogP contribution >= 0.6 is 45.2 Å². The van der Waals surface area contributed by atoms with Gasteiger partial charge >= 0.3 is 12.1 Å². The number of carbonyl (C=O) groups excluding carboxylic acids is 1. The minimum Gasteiger partial charge on any atom is -0.487 e. The second-order valence-electron chi connectivity index (χ2n) is 7.27. The van der Waals surface area contributed by atoms with Crippen molar-refractivity contribution in [1.29, 1.82) is 0 Å². The van der Waals surface area contributed by atoms with Crippen LogP contribution in [0, 0.1) is 7.14 Å². The molecular formula is C24H17F3I2N2O4. The van der Waals surface area contributed by atoms with E-state index in [1.807, 2.05) is 0 Å². The number of hydrazone groups is 1. The van der Waals surface area contributed by atoms with Gasteiger partial charge in [0.15, 0.2) is 0 Å². The van der Waals surface area contributed by atoms with Crippen molar-refractivity contribution in [2.45, 2.75) is 19.2 Å². The van der Waals surface area contributed by atoms with Crippen LogP contribution in [0.25, 0.3) is 0 Å². The van der Waals surface area contributed by atoms with Crippen molar-refractivity contribution in [3.05, 3.63) is 95.6 Å². The zero-order chi connectivity index (χ0) is 25.6. The molecule has 0 aliphatic heterocycles. The third-order valence-corrected chi connectivity index (χ3v) is 6.23. The molecule has 0 fully saturated rings. The molecule has 0 radical (unpaired) electrons. The first-order valence-corrected chi connectivity index (χ1v) is 12.1. The van der Waals surface area contributed by atoms with E-state index >= 15 is 0 Å². The lowest BCUT2D eigenvalue weighted by Crippen LogP contribution is -2.20. The third kappa shape index (κ3) is 7.92. The van der Waals surface area contributed by atoms with Crippen LogP contribution in [0.2, 0.25) is 0 Å². The van der Waals surface area contributed by atoms with E-state index in [1.54, 1.807) is 24.3 Å². The second-order valence-corrected chi connectivity index (χ2v) is 9.60. The first-order chi connectivity index (χ1) is 16.5. The van der Waals surface area contributed by atoms with Gasteiger partial charge in [0.25, 0.3) is 0 Å². The van der Waals surface area contributed by atoms with Gasteiger partial charge in [0.1, 0.15) is 12.4 Å². The minimum absolute atomic E-state index is 0.198. The first-order valence-electron chi connectivity index (χ1n) is 9.95. The Kier molecular flexibility index (Phi) is 9.10. The molecule has 0 saturated heterocycles. The fraction of sp³-hybridized carbons (Fsp3) is 0.125. The number of ether oxygens (including phenoxy) is 1. The smallest absolute Gasteiger partial charge is 0.416 e. The Balaban J connectivity index is 1.58. The van der Waals surface area contributed by atoms with Crippen molar-refractivity contribution in [1.82, 2.24) is 5.43 Å². The summed E-state index contributed by atoms with van der Waals surface area (Å²) >= 11 is 4.22. The molecule has 182 valence electrons. The van der Waals surface area contributed by atoms with Crippen LogP contribution < -0.4 is 10.2 Å². The molecule has 0 aromatic heterocycles. The van der Waals surface area contributed by atoms with Crippen molar-refractivity contribution in [2.75, 3.05) is 0 Å². The average molecular weight is 708 g/mol. The van der Waals surface area contributed by atoms with Gasteiger partial charge in [0, 0.05) is 0 Å². The Labute approximate surface area is 225 Å². The number of carboxylic acids is 1. The van der Waals surface area contributed by atoms with E-state index in [0.717, 1.165) is 24.8 Å². The summed E-state index contributed by atoms with van der Waals surface area (Å²) in [4.78, 5) is 23.0. The summed E-state index contributed by atoms with van der Waals surface area (Å²) in [6.45, 7) is 0.255. The number of benzene rings is 3. The van der Waals surface area contributed by atoms with E-state index in [2.05, 4.69) is 55.7 Å². The van der Waals surface area contributed by atoms with Crippen LogP contribution in [0.15, 0.2) is 65.8 Å². The lowest BCUT2D eigenvalue weighted by Gasteiger charge is -2.11. The maximum Gasteiger partial charge on any atom is 0.416 e. The fourth-order valence-electron chi connectivity index (χ4n) is 2.95. The molecule has 35 heavy (non-hydrogen) atoms. The summed E-state index contributed by atoms with van der Waals surface area (Å²) in [6.07, 6.45) is -3.28. The zero-order valence-electron chi connectivity index (χ0n) is 17.8. The number of carbonyl (C=O) groups is 2. The van der Waals surface area contributed by atoms with Gasteiger partial charge in [-0.3, -0.25) is 4.79 Å². The quantitative estimate of drug-likeness (QED) is 0.174. The molecule has 11 heteroatoms. The Morgan fingerprint density at radius 1 is 1.00 bits per heavy atom. The van der Waals surface area contributed by atoms with Crippen LogP contribution in [0.4, 0.5) is 13.2 Å². The molecule has 0 saturated carbocycles. The van der Waals surface area contributed by atoms with Gasteiger partial charge < -0.3 is 9.84 Å². The third-order valence-electron chi connectivity index (χ3n) is 4.63. The summed E-state index contributed by atoms with van der Waals surface area (Å²) in [5.74, 6) is -0.885. The lowest BCUT2D eigenvalue weighted by molar-refractivity contribution is -0.137. The van der Waals surface area contributed by atoms with Gasteiger partial charge in [-0.15, -0.1) is 0 Å². The fourth-order valence-corrected chi connectivity index (χ4v) is 5.08. The number of nitrogens with one attached hydrogen (secondary N) is 1. The van der Waals surface area contributed by atoms with Crippen molar-refractivity contribution in [3.8, 4) is 5.75 Å². The zero-order valence-corrected chi connectivity index (χ0v) is 22.1. The number of nitrogens with zero attached hydrogens (tertiary/aromatic N) is 1. The molecular weight excluding hydrogens is 691 g/mol. The highest BCUT2D eigenvalue weighted by atomic mass is 127. The Morgan fingerprint density at radius 2 is 1.66 bits per heavy atom. The molecule has 0 aliphatic rings. The SMILES string of the molecule is O=C(Cc1cccc(C(F)(F)F)c1)N/N=C/c1cc(I)c(OCc2ccc(C(=O)O)cc2)c(I)c1. The molecule has 0 bridgehead atoms. The van der Waals surface area contributed by atoms with E-state index in [-0.39, 0.29) is 24.2 Å². The number of aromatic carboxylic acids is 1. The highest BCUT2D eigenvalue weighted by Gasteiger charge is 2.30. The molecule has 0 aliphatic carbocycles. The summed E-state index contributed by atoms with van der Waals surface area (Å²) < 4.78 is 45.9. The van der Waals surface area contributed by atoms with Gasteiger partial charge in [0.05, 0.1) is 30.9 Å². The lowest BCUT2D eigenvalue weighted by atomic mass is 10.1. The molecule has 3 aromatic carbocycles. The van der Waals surface area contributed by atoms with Crippen LogP contribution in [0.1, 0.15) is 32.6 Å². The molecule has 0 atom stereocenters. The van der Waals surface area contributed by atoms with E-state index in [9.17, 15) is 22.8 Å². The number of amides is 1. The largest absolute Gasteiger partial charge is 0.487 e. The Hall–Kier alpha value is -2.68. The monoisotopic (exact) mass is 708 g/mol. The summed E-state index contributed by atoms with van der Waals surface area (Å²) in [5, 5.41) is 12.9. The van der Waals surface area contributed by atoms with Crippen LogP contribution in [-0.4, -0.2) is 23.2 Å². The molecule has 6 nitrogen and oxygen atoms in total. The average Bonchev–Trinajstić information content (AvgIpc) is 2.78. The number of rotatable bonds is 8. The van der Waals surface area contributed by atoms with E-state index in [1.165, 1.54) is 30.5 Å². The number of carboxylic acid groups (broad SMARTS) is 1. The maximum atomic E-state index is 12.8. The molecule has 3 aromatic rings. The Morgan fingerprint density at radius 3 is 2.26 bits per heavy atom. The number of hydrogen-bond acceptors (Lipinski definition) is 4. The summed E-state index contributed by atoms with van der Waals surface area (Å²) in [5.41, 5.74) is 3.45. The minimum atomic E-state index is -4.47. The summed E-state index contributed by atoms with van der Waals surface area (Å²) in [6, 6.07) is 14.6. The van der Waals surface area contributed by atoms with Gasteiger partial charge in [-0.25, -0.2) is 10.2 Å². The molecule has 2 N–H and O–H groups in total. The first kappa shape index (κ1) is 26.9. The normalized spacial score (nSPS) is 11.5. The molecule has 3 rings (SSSR count). The van der Waals surface area contributed by atoms with Gasteiger partial charge in [-0.2, -0.15) is 18.3 Å². The number of alkyl halides is 3. The second kappa shape index (κ2) is 11.8. The molecule has 0 spiro atoms. The van der Waals surface area contributed by atoms with Gasteiger partial charge in [-0.05, 0) is 92.2 Å². The topological polar surface area (TPSA) is 88.0 Å². The van der Waals surface area contributed by atoms with Crippen molar-refractivity contribution < 1.29 is 32.6 Å². The highest BCUT2D eigenvalue weighted by Crippen LogP contribution is 2.30. The van der Waals surface area contributed by atoms with Crippen molar-refractivity contribution >= 4 is 63.3 Å². The van der Waals surface area contributed by atoms with Crippen LogP contribution in [0.3, 0.4) is 0 Å². The standard InChI is InChI=1S/C24H17F3I2N2O4/c25-24(26,27)18-3-1-2-15(8-18)11-21(32)31-30-12-16-9-19(28)22(20(29)10-16)35-13-14-4-6-17(7-5-14)23(33)34/h1-10,12H,11,13H2,(H,31,32)(H,33,34)/b30-12+. The van der Waals surface area contributed by atoms with Crippen LogP contribution in [-0.2, 0) is 24.0 Å². The molecule has 1 amide bonds. The number of hydrogen-bond donors (Lipinski definition) is 2. The Bertz CT molecular complexity index is 1240. The number of halogens is 5. The molecule has 0 unspecified atom stereocenters. The van der Waals surface area contributed by atoms with Gasteiger partial charge in [-0.1, -0.05) is 30.3 Å².